The number of thiocarbonyl (C=S) groups is 1. The van der Waals surface area contributed by atoms with E-state index in [1.54, 1.807) is 43.3 Å². The highest BCUT2D eigenvalue weighted by Gasteiger charge is 2.33. The fourth-order valence-corrected chi connectivity index (χ4v) is 4.83. The van der Waals surface area contributed by atoms with Crippen LogP contribution in [0.4, 0.5) is 15.8 Å². The molecule has 0 bridgehead atoms. The van der Waals surface area contributed by atoms with Crippen LogP contribution in [0.1, 0.15) is 22.8 Å². The number of thioether (sulfide) groups is 1. The lowest BCUT2D eigenvalue weighted by Crippen LogP contribution is -2.27. The molecule has 0 atom stereocenters. The number of benzene rings is 3. The summed E-state index contributed by atoms with van der Waals surface area (Å²) in [5.41, 5.74) is 1.73. The predicted octanol–water partition coefficient (Wildman–Crippen LogP) is 6.24. The molecular formula is C25H18ClFN2O4S2. The van der Waals surface area contributed by atoms with E-state index in [9.17, 15) is 19.1 Å². The molecule has 1 aliphatic heterocycles. The summed E-state index contributed by atoms with van der Waals surface area (Å²) in [4.78, 5) is 27.6. The van der Waals surface area contributed by atoms with Crippen LogP contribution < -0.4 is 15.0 Å². The van der Waals surface area contributed by atoms with Crippen molar-refractivity contribution in [2.75, 3.05) is 16.8 Å². The number of halogens is 2. The van der Waals surface area contributed by atoms with E-state index in [1.807, 2.05) is 0 Å². The highest BCUT2D eigenvalue weighted by Crippen LogP contribution is 2.39. The van der Waals surface area contributed by atoms with Crippen molar-refractivity contribution >= 4 is 69.2 Å². The first-order chi connectivity index (χ1) is 16.8. The summed E-state index contributed by atoms with van der Waals surface area (Å²) in [6.07, 6.45) is 1.61. The van der Waals surface area contributed by atoms with E-state index in [4.69, 9.17) is 28.6 Å². The topological polar surface area (TPSA) is 78.9 Å². The maximum atomic E-state index is 13.2. The van der Waals surface area contributed by atoms with Crippen molar-refractivity contribution in [1.82, 2.24) is 0 Å². The largest absolute Gasteiger partial charge is 0.503 e. The Morgan fingerprint density at radius 1 is 1.23 bits per heavy atom. The summed E-state index contributed by atoms with van der Waals surface area (Å²) >= 11 is 12.6. The molecule has 3 aromatic carbocycles. The number of anilines is 2. The first-order valence-electron chi connectivity index (χ1n) is 10.4. The van der Waals surface area contributed by atoms with Crippen LogP contribution in [-0.4, -0.2) is 27.8 Å². The molecule has 3 aromatic rings. The lowest BCUT2D eigenvalue weighted by Gasteiger charge is -2.15. The van der Waals surface area contributed by atoms with Crippen LogP contribution in [0.5, 0.6) is 11.5 Å². The van der Waals surface area contributed by atoms with Gasteiger partial charge in [0.05, 0.1) is 22.2 Å². The average molecular weight is 529 g/mol. The van der Waals surface area contributed by atoms with E-state index >= 15 is 0 Å². The third-order valence-electron chi connectivity index (χ3n) is 4.91. The Morgan fingerprint density at radius 2 is 1.97 bits per heavy atom. The Morgan fingerprint density at radius 3 is 2.69 bits per heavy atom. The lowest BCUT2D eigenvalue weighted by molar-refractivity contribution is -0.113. The van der Waals surface area contributed by atoms with Crippen molar-refractivity contribution in [3.8, 4) is 11.5 Å². The second kappa shape index (κ2) is 10.5. The minimum atomic E-state index is -0.415. The van der Waals surface area contributed by atoms with E-state index in [-0.39, 0.29) is 22.4 Å². The highest BCUT2D eigenvalue weighted by molar-refractivity contribution is 8.27. The Balaban J connectivity index is 1.58. The van der Waals surface area contributed by atoms with Crippen molar-refractivity contribution in [3.63, 3.8) is 0 Å². The summed E-state index contributed by atoms with van der Waals surface area (Å²) < 4.78 is 18.8. The maximum Gasteiger partial charge on any atom is 0.270 e. The monoisotopic (exact) mass is 528 g/mol. The van der Waals surface area contributed by atoms with E-state index in [0.29, 0.717) is 38.3 Å². The zero-order chi connectivity index (χ0) is 25.1. The molecule has 1 fully saturated rings. The van der Waals surface area contributed by atoms with Gasteiger partial charge in [-0.1, -0.05) is 41.6 Å². The highest BCUT2D eigenvalue weighted by atomic mass is 35.5. The molecule has 2 amide bonds. The minimum Gasteiger partial charge on any atom is -0.503 e. The van der Waals surface area contributed by atoms with Crippen molar-refractivity contribution in [1.29, 1.82) is 0 Å². The molecule has 0 unspecified atom stereocenters. The number of carbonyl (C=O) groups is 2. The number of amides is 2. The molecule has 35 heavy (non-hydrogen) atoms. The van der Waals surface area contributed by atoms with Crippen LogP contribution in [0, 0.1) is 5.82 Å². The summed E-state index contributed by atoms with van der Waals surface area (Å²) in [7, 11) is 0. The maximum absolute atomic E-state index is 13.2. The molecule has 0 spiro atoms. The van der Waals surface area contributed by atoms with Gasteiger partial charge >= 0.3 is 0 Å². The Bertz CT molecular complexity index is 1360. The van der Waals surface area contributed by atoms with E-state index in [2.05, 4.69) is 5.32 Å². The number of carbonyl (C=O) groups excluding carboxylic acids is 2. The van der Waals surface area contributed by atoms with Gasteiger partial charge in [0.1, 0.15) is 5.82 Å². The molecule has 4 rings (SSSR count). The summed E-state index contributed by atoms with van der Waals surface area (Å²) in [6.45, 7) is 2.11. The Labute approximate surface area is 215 Å². The summed E-state index contributed by atoms with van der Waals surface area (Å²) in [5.74, 6) is -1.15. The molecule has 0 aliphatic carbocycles. The van der Waals surface area contributed by atoms with E-state index < -0.39 is 11.7 Å². The molecule has 1 aliphatic rings. The molecule has 2 N–H and O–H groups in total. The first kappa shape index (κ1) is 24.7. The van der Waals surface area contributed by atoms with Crippen molar-refractivity contribution < 1.29 is 23.8 Å². The summed E-state index contributed by atoms with van der Waals surface area (Å²) in [6, 6.07) is 15.0. The fourth-order valence-electron chi connectivity index (χ4n) is 3.31. The number of phenols is 1. The second-order valence-corrected chi connectivity index (χ2v) is 9.39. The molecule has 10 heteroatoms. The van der Waals surface area contributed by atoms with Crippen LogP contribution in [0.25, 0.3) is 6.08 Å². The molecule has 1 saturated heterocycles. The first-order valence-corrected chi connectivity index (χ1v) is 12.0. The van der Waals surface area contributed by atoms with Crippen LogP contribution in [-0.2, 0) is 4.79 Å². The van der Waals surface area contributed by atoms with Gasteiger partial charge in [0.15, 0.2) is 15.8 Å². The third kappa shape index (κ3) is 5.48. The number of hydrogen-bond donors (Lipinski definition) is 2. The zero-order valence-corrected chi connectivity index (χ0v) is 20.6. The fraction of sp³-hybridized carbons (Fsp3) is 0.0800. The smallest absolute Gasteiger partial charge is 0.270 e. The number of phenolic OH excluding ortho intramolecular Hbond substituents is 1. The van der Waals surface area contributed by atoms with Gasteiger partial charge in [-0.3, -0.25) is 14.5 Å². The Hall–Kier alpha value is -3.40. The molecule has 0 radical (unpaired) electrons. The van der Waals surface area contributed by atoms with Crippen LogP contribution in [0.15, 0.2) is 65.6 Å². The molecule has 1 heterocycles. The molecule has 0 saturated carbocycles. The number of ether oxygens (including phenoxy) is 1. The van der Waals surface area contributed by atoms with Gasteiger partial charge in [-0.05, 0) is 73.2 Å². The minimum absolute atomic E-state index is 0.0950. The number of hydrogen-bond acceptors (Lipinski definition) is 6. The van der Waals surface area contributed by atoms with Gasteiger partial charge in [0, 0.05) is 11.3 Å². The second-order valence-electron chi connectivity index (χ2n) is 7.31. The van der Waals surface area contributed by atoms with Crippen LogP contribution >= 0.6 is 35.6 Å². The third-order valence-corrected chi connectivity index (χ3v) is 6.50. The van der Waals surface area contributed by atoms with Gasteiger partial charge in [-0.25, -0.2) is 4.39 Å². The zero-order valence-electron chi connectivity index (χ0n) is 18.2. The number of nitrogens with zero attached hydrogens (tertiary/aromatic N) is 1. The van der Waals surface area contributed by atoms with Gasteiger partial charge in [0.2, 0.25) is 0 Å². The van der Waals surface area contributed by atoms with Gasteiger partial charge < -0.3 is 15.2 Å². The summed E-state index contributed by atoms with van der Waals surface area (Å²) in [5, 5.41) is 12.8. The standard InChI is InChI=1S/C25H18ClFN2O4S2/c1-2-33-20-11-14(10-19(26)22(20)30)12-21-24(32)29(25(34)35-21)18-5-3-4-15(13-18)23(31)28-17-8-6-16(27)7-9-17/h3-13,30H,2H2,1H3,(H,28,31)/b21-12+. The van der Waals surface area contributed by atoms with Crippen LogP contribution in [0.2, 0.25) is 5.02 Å². The molecular weight excluding hydrogens is 511 g/mol. The number of rotatable bonds is 6. The van der Waals surface area contributed by atoms with Crippen LogP contribution in [0.3, 0.4) is 0 Å². The lowest BCUT2D eigenvalue weighted by atomic mass is 10.1. The molecule has 178 valence electrons. The van der Waals surface area contributed by atoms with Crippen molar-refractivity contribution in [2.24, 2.45) is 0 Å². The van der Waals surface area contributed by atoms with Crippen molar-refractivity contribution in [2.45, 2.75) is 6.92 Å². The quantitative estimate of drug-likeness (QED) is 0.291. The van der Waals surface area contributed by atoms with Gasteiger partial charge in [0.25, 0.3) is 11.8 Å². The average Bonchev–Trinajstić information content (AvgIpc) is 3.11. The SMILES string of the molecule is CCOc1cc(/C=C2/SC(=S)N(c3cccc(C(=O)Nc4ccc(F)cc4)c3)C2=O)cc(Cl)c1O. The normalized spacial score (nSPS) is 14.5. The van der Waals surface area contributed by atoms with Gasteiger partial charge in [-0.15, -0.1) is 0 Å². The van der Waals surface area contributed by atoms with E-state index in [1.165, 1.54) is 35.2 Å². The molecule has 0 aromatic heterocycles. The molecule has 6 nitrogen and oxygen atoms in total. The number of aromatic hydroxyl groups is 1. The van der Waals surface area contributed by atoms with Crippen molar-refractivity contribution in [3.05, 3.63) is 87.5 Å². The Kier molecular flexibility index (Phi) is 7.39. The van der Waals surface area contributed by atoms with E-state index in [0.717, 1.165) is 11.8 Å². The number of nitrogens with one attached hydrogen (secondary N) is 1. The predicted molar refractivity (Wildman–Crippen MR) is 141 cm³/mol. The van der Waals surface area contributed by atoms with Gasteiger partial charge in [-0.2, -0.15) is 0 Å².